The van der Waals surface area contributed by atoms with Crippen LogP contribution < -0.4 is 5.32 Å². The molecule has 0 radical (unpaired) electrons. The van der Waals surface area contributed by atoms with E-state index in [2.05, 4.69) is 5.32 Å². The Bertz CT molecular complexity index is 203. The van der Waals surface area contributed by atoms with Gasteiger partial charge in [0.15, 0.2) is 0 Å². The van der Waals surface area contributed by atoms with Gasteiger partial charge >= 0.3 is 0 Å². The molecule has 1 rings (SSSR count). The maximum atomic E-state index is 9.05. The van der Waals surface area contributed by atoms with Gasteiger partial charge in [0.25, 0.3) is 0 Å². The lowest BCUT2D eigenvalue weighted by Gasteiger charge is -1.99. The molecule has 0 saturated carbocycles. The predicted octanol–water partition coefficient (Wildman–Crippen LogP) is 1.55. The molecular formula is C7H11NOS. The van der Waals surface area contributed by atoms with Crippen LogP contribution in [-0.4, -0.2) is 12.2 Å². The first-order chi connectivity index (χ1) is 4.34. The fourth-order valence-corrected chi connectivity index (χ4v) is 0.685. The Balaban J connectivity index is 0.000000810. The summed E-state index contributed by atoms with van der Waals surface area (Å²) in [5.74, 6) is 0.292. The van der Waals surface area contributed by atoms with Crippen LogP contribution in [0.25, 0.3) is 0 Å². The van der Waals surface area contributed by atoms with Crippen LogP contribution in [0.4, 0.5) is 5.69 Å². The van der Waals surface area contributed by atoms with E-state index in [1.807, 2.05) is 12.1 Å². The third kappa shape index (κ3) is 1.84. The average molecular weight is 157 g/mol. The number of phenolic OH excluding ortho intramolecular Hbond substituents is 1. The fraction of sp³-hybridized carbons (Fsp3) is 0.143. The fourth-order valence-electron chi connectivity index (χ4n) is 0.685. The molecule has 0 amide bonds. The number of hydrogen-bond donors (Lipinski definition) is 2. The van der Waals surface area contributed by atoms with E-state index in [0.29, 0.717) is 5.75 Å². The van der Waals surface area contributed by atoms with E-state index in [-0.39, 0.29) is 13.5 Å². The van der Waals surface area contributed by atoms with Crippen LogP contribution in [0.15, 0.2) is 24.3 Å². The van der Waals surface area contributed by atoms with Crippen molar-refractivity contribution < 1.29 is 5.11 Å². The average Bonchev–Trinajstić information content (AvgIpc) is 1.89. The summed E-state index contributed by atoms with van der Waals surface area (Å²) in [6, 6.07) is 7.11. The first kappa shape index (κ1) is 9.17. The summed E-state index contributed by atoms with van der Waals surface area (Å²) in [5.41, 5.74) is 0.762. The molecule has 1 aromatic rings. The van der Waals surface area contributed by atoms with E-state index in [1.165, 1.54) is 0 Å². The Morgan fingerprint density at radius 1 is 1.30 bits per heavy atom. The van der Waals surface area contributed by atoms with Crippen molar-refractivity contribution in [3.63, 3.8) is 0 Å². The third-order valence-corrected chi connectivity index (χ3v) is 1.17. The largest absolute Gasteiger partial charge is 0.506 e. The summed E-state index contributed by atoms with van der Waals surface area (Å²) in [6.07, 6.45) is 0. The van der Waals surface area contributed by atoms with Crippen molar-refractivity contribution in [3.8, 4) is 5.75 Å². The topological polar surface area (TPSA) is 32.3 Å². The Morgan fingerprint density at radius 3 is 2.30 bits per heavy atom. The van der Waals surface area contributed by atoms with Crippen molar-refractivity contribution in [2.45, 2.75) is 0 Å². The number of benzene rings is 1. The molecule has 10 heavy (non-hydrogen) atoms. The predicted molar refractivity (Wildman–Crippen MR) is 48.0 cm³/mol. The maximum absolute atomic E-state index is 9.05. The van der Waals surface area contributed by atoms with Gasteiger partial charge in [0, 0.05) is 7.05 Å². The van der Waals surface area contributed by atoms with Crippen molar-refractivity contribution in [2.75, 3.05) is 12.4 Å². The van der Waals surface area contributed by atoms with Crippen molar-refractivity contribution in [1.82, 2.24) is 0 Å². The summed E-state index contributed by atoms with van der Waals surface area (Å²) in [4.78, 5) is 0. The van der Waals surface area contributed by atoms with Gasteiger partial charge in [-0.05, 0) is 12.1 Å². The van der Waals surface area contributed by atoms with Crippen LogP contribution in [0, 0.1) is 0 Å². The molecule has 0 atom stereocenters. The van der Waals surface area contributed by atoms with Crippen LogP contribution in [-0.2, 0) is 0 Å². The van der Waals surface area contributed by atoms with Gasteiger partial charge in [0.05, 0.1) is 5.69 Å². The lowest BCUT2D eigenvalue weighted by atomic mass is 10.3. The molecule has 1 aromatic carbocycles. The Labute approximate surface area is 67.3 Å². The van der Waals surface area contributed by atoms with E-state index in [1.54, 1.807) is 19.2 Å². The van der Waals surface area contributed by atoms with E-state index >= 15 is 0 Å². The number of rotatable bonds is 1. The maximum Gasteiger partial charge on any atom is 0.138 e. The number of hydrogen-bond acceptors (Lipinski definition) is 2. The zero-order valence-corrected chi connectivity index (χ0v) is 6.76. The van der Waals surface area contributed by atoms with Crippen LogP contribution in [0.3, 0.4) is 0 Å². The number of anilines is 1. The summed E-state index contributed by atoms with van der Waals surface area (Å²) in [5, 5.41) is 11.9. The minimum atomic E-state index is 0. The minimum absolute atomic E-state index is 0. The Kier molecular flexibility index (Phi) is 3.72. The molecule has 56 valence electrons. The number of para-hydroxylation sites is 2. The standard InChI is InChI=1S/C7H9NO.H2S/c1-8-6-4-2-3-5-7(6)9;/h2-5,8-9H,1H3;1H2. The molecule has 0 aliphatic heterocycles. The molecule has 0 fully saturated rings. The number of nitrogens with one attached hydrogen (secondary N) is 1. The zero-order valence-electron chi connectivity index (χ0n) is 5.76. The van der Waals surface area contributed by atoms with Gasteiger partial charge in [0.2, 0.25) is 0 Å². The Morgan fingerprint density at radius 2 is 1.90 bits per heavy atom. The van der Waals surface area contributed by atoms with Crippen LogP contribution in [0.1, 0.15) is 0 Å². The van der Waals surface area contributed by atoms with Crippen LogP contribution in [0.2, 0.25) is 0 Å². The third-order valence-electron chi connectivity index (χ3n) is 1.17. The van der Waals surface area contributed by atoms with Gasteiger partial charge in [-0.1, -0.05) is 12.1 Å². The molecule has 0 aliphatic carbocycles. The number of phenols is 1. The van der Waals surface area contributed by atoms with Gasteiger partial charge < -0.3 is 10.4 Å². The lowest BCUT2D eigenvalue weighted by molar-refractivity contribution is 0.477. The molecule has 0 aliphatic rings. The van der Waals surface area contributed by atoms with Crippen LogP contribution in [0.5, 0.6) is 5.75 Å². The molecule has 2 nitrogen and oxygen atoms in total. The highest BCUT2D eigenvalue weighted by atomic mass is 32.1. The highest BCUT2D eigenvalue weighted by molar-refractivity contribution is 7.59. The lowest BCUT2D eigenvalue weighted by Crippen LogP contribution is -1.86. The van der Waals surface area contributed by atoms with Crippen molar-refractivity contribution >= 4 is 19.2 Å². The van der Waals surface area contributed by atoms with Gasteiger partial charge in [0.1, 0.15) is 5.75 Å². The SMILES string of the molecule is CNc1ccccc1O.S. The molecule has 0 saturated heterocycles. The second-order valence-electron chi connectivity index (χ2n) is 1.77. The van der Waals surface area contributed by atoms with E-state index in [4.69, 9.17) is 5.11 Å². The second kappa shape index (κ2) is 4.06. The summed E-state index contributed by atoms with van der Waals surface area (Å²) < 4.78 is 0. The van der Waals surface area contributed by atoms with Crippen molar-refractivity contribution in [1.29, 1.82) is 0 Å². The quantitative estimate of drug-likeness (QED) is 0.606. The van der Waals surface area contributed by atoms with E-state index in [9.17, 15) is 0 Å². The van der Waals surface area contributed by atoms with Crippen molar-refractivity contribution in [3.05, 3.63) is 24.3 Å². The van der Waals surface area contributed by atoms with Gasteiger partial charge in [-0.15, -0.1) is 0 Å². The van der Waals surface area contributed by atoms with Crippen LogP contribution >= 0.6 is 13.5 Å². The smallest absolute Gasteiger partial charge is 0.138 e. The first-order valence-corrected chi connectivity index (χ1v) is 2.80. The zero-order chi connectivity index (χ0) is 6.69. The molecule has 0 unspecified atom stereocenters. The number of aromatic hydroxyl groups is 1. The van der Waals surface area contributed by atoms with Gasteiger partial charge in [-0.3, -0.25) is 0 Å². The highest BCUT2D eigenvalue weighted by Crippen LogP contribution is 2.19. The molecule has 0 spiro atoms. The second-order valence-corrected chi connectivity index (χ2v) is 1.77. The minimum Gasteiger partial charge on any atom is -0.506 e. The van der Waals surface area contributed by atoms with E-state index in [0.717, 1.165) is 5.69 Å². The van der Waals surface area contributed by atoms with Crippen molar-refractivity contribution in [2.24, 2.45) is 0 Å². The normalized spacial score (nSPS) is 8.10. The summed E-state index contributed by atoms with van der Waals surface area (Å²) >= 11 is 0. The molecule has 0 bridgehead atoms. The monoisotopic (exact) mass is 157 g/mol. The Hall–Kier alpha value is -0.830. The molecular weight excluding hydrogens is 146 g/mol. The highest BCUT2D eigenvalue weighted by Gasteiger charge is 1.91. The molecule has 0 aromatic heterocycles. The molecule has 2 N–H and O–H groups in total. The van der Waals surface area contributed by atoms with Gasteiger partial charge in [-0.25, -0.2) is 0 Å². The molecule has 0 heterocycles. The summed E-state index contributed by atoms with van der Waals surface area (Å²) in [7, 11) is 1.77. The first-order valence-electron chi connectivity index (χ1n) is 2.80. The summed E-state index contributed by atoms with van der Waals surface area (Å²) in [6.45, 7) is 0. The van der Waals surface area contributed by atoms with E-state index < -0.39 is 0 Å². The van der Waals surface area contributed by atoms with Gasteiger partial charge in [-0.2, -0.15) is 13.5 Å². The molecule has 3 heteroatoms.